The molecule has 0 aliphatic carbocycles. The zero-order valence-corrected chi connectivity index (χ0v) is 14.1. The average Bonchev–Trinajstić information content (AvgIpc) is 2.49. The lowest BCUT2D eigenvalue weighted by atomic mass is 9.82. The second-order valence-electron chi connectivity index (χ2n) is 6.45. The van der Waals surface area contributed by atoms with Gasteiger partial charge in [-0.1, -0.05) is 18.2 Å². The first-order valence-electron chi connectivity index (χ1n) is 7.58. The van der Waals surface area contributed by atoms with Crippen LogP contribution in [0, 0.1) is 13.8 Å². The van der Waals surface area contributed by atoms with Gasteiger partial charge in [0.15, 0.2) is 0 Å². The predicted octanol–water partition coefficient (Wildman–Crippen LogP) is 5.24. The number of alkyl halides is 3. The molecular weight excluding hydrogens is 315 g/mol. The highest BCUT2D eigenvalue weighted by atomic mass is 19.4. The minimum absolute atomic E-state index is 0.273. The molecule has 2 aromatic carbocycles. The molecule has 0 fully saturated rings. The van der Waals surface area contributed by atoms with E-state index in [0.717, 1.165) is 28.8 Å². The normalized spacial score (nSPS) is 12.1. The zero-order valence-electron chi connectivity index (χ0n) is 14.1. The van der Waals surface area contributed by atoms with E-state index in [4.69, 9.17) is 0 Å². The van der Waals surface area contributed by atoms with Crippen LogP contribution in [0.3, 0.4) is 0 Å². The van der Waals surface area contributed by atoms with Crippen LogP contribution < -0.4 is 5.32 Å². The molecule has 128 valence electrons. The second kappa shape index (κ2) is 6.30. The van der Waals surface area contributed by atoms with Crippen molar-refractivity contribution in [1.82, 2.24) is 0 Å². The lowest BCUT2D eigenvalue weighted by Crippen LogP contribution is -2.34. The Morgan fingerprint density at radius 2 is 1.42 bits per heavy atom. The molecular formula is C19H20F3NO. The third-order valence-corrected chi connectivity index (χ3v) is 4.27. The fraction of sp³-hybridized carbons (Fsp3) is 0.316. The Bertz CT molecular complexity index is 746. The molecule has 0 atom stereocenters. The van der Waals surface area contributed by atoms with Crippen molar-refractivity contribution in [2.24, 2.45) is 0 Å². The first-order chi connectivity index (χ1) is 11.0. The number of nitrogens with one attached hydrogen (secondary N) is 1. The molecule has 0 bridgehead atoms. The van der Waals surface area contributed by atoms with E-state index in [2.05, 4.69) is 5.32 Å². The van der Waals surface area contributed by atoms with Crippen molar-refractivity contribution in [2.45, 2.75) is 39.3 Å². The van der Waals surface area contributed by atoms with Crippen molar-refractivity contribution in [3.8, 4) is 0 Å². The summed E-state index contributed by atoms with van der Waals surface area (Å²) in [7, 11) is 0. The molecule has 0 unspecified atom stereocenters. The SMILES string of the molecule is Cc1ccc(C(C)(C)C(=O)Nc2ccc(C(F)(F)F)cc2)cc1C. The van der Waals surface area contributed by atoms with Crippen molar-refractivity contribution < 1.29 is 18.0 Å². The zero-order chi connectivity index (χ0) is 18.1. The Labute approximate surface area is 139 Å². The minimum atomic E-state index is -4.39. The van der Waals surface area contributed by atoms with E-state index in [9.17, 15) is 18.0 Å². The van der Waals surface area contributed by atoms with E-state index >= 15 is 0 Å². The highest BCUT2D eigenvalue weighted by Crippen LogP contribution is 2.31. The van der Waals surface area contributed by atoms with Gasteiger partial charge >= 0.3 is 6.18 Å². The molecule has 0 radical (unpaired) electrons. The standard InChI is InChI=1S/C19H20F3NO/c1-12-5-6-15(11-13(12)2)18(3,4)17(24)23-16-9-7-14(8-10-16)19(20,21)22/h5-11H,1-4H3,(H,23,24). The Morgan fingerprint density at radius 1 is 0.875 bits per heavy atom. The molecule has 0 spiro atoms. The topological polar surface area (TPSA) is 29.1 Å². The van der Waals surface area contributed by atoms with Gasteiger partial charge in [0, 0.05) is 5.69 Å². The van der Waals surface area contributed by atoms with Crippen LogP contribution in [0.15, 0.2) is 42.5 Å². The van der Waals surface area contributed by atoms with Crippen molar-refractivity contribution >= 4 is 11.6 Å². The number of benzene rings is 2. The summed E-state index contributed by atoms with van der Waals surface area (Å²) in [5.74, 6) is -0.273. The first-order valence-corrected chi connectivity index (χ1v) is 7.58. The summed E-state index contributed by atoms with van der Waals surface area (Å²) >= 11 is 0. The van der Waals surface area contributed by atoms with Gasteiger partial charge in [-0.15, -0.1) is 0 Å². The maximum absolute atomic E-state index is 12.6. The van der Waals surface area contributed by atoms with Crippen LogP contribution in [0.5, 0.6) is 0 Å². The van der Waals surface area contributed by atoms with E-state index in [0.29, 0.717) is 5.69 Å². The number of anilines is 1. The summed E-state index contributed by atoms with van der Waals surface area (Å²) in [5.41, 5.74) is 1.87. The number of hydrogen-bond donors (Lipinski definition) is 1. The summed E-state index contributed by atoms with van der Waals surface area (Å²) in [4.78, 5) is 12.6. The van der Waals surface area contributed by atoms with Gasteiger partial charge in [-0.05, 0) is 68.7 Å². The van der Waals surface area contributed by atoms with Crippen LogP contribution in [0.25, 0.3) is 0 Å². The van der Waals surface area contributed by atoms with Crippen LogP contribution in [-0.4, -0.2) is 5.91 Å². The number of amides is 1. The molecule has 5 heteroatoms. The smallest absolute Gasteiger partial charge is 0.325 e. The molecule has 1 N–H and O–H groups in total. The maximum atomic E-state index is 12.6. The first kappa shape index (κ1) is 18.0. The second-order valence-corrected chi connectivity index (χ2v) is 6.45. The Balaban J connectivity index is 2.20. The third-order valence-electron chi connectivity index (χ3n) is 4.27. The number of aryl methyl sites for hydroxylation is 2. The molecule has 24 heavy (non-hydrogen) atoms. The van der Waals surface area contributed by atoms with E-state index < -0.39 is 17.2 Å². The van der Waals surface area contributed by atoms with E-state index in [-0.39, 0.29) is 5.91 Å². The molecule has 2 rings (SSSR count). The van der Waals surface area contributed by atoms with Crippen molar-refractivity contribution in [3.63, 3.8) is 0 Å². The number of carbonyl (C=O) groups is 1. The summed E-state index contributed by atoms with van der Waals surface area (Å²) in [5, 5.41) is 2.69. The number of rotatable bonds is 3. The molecule has 0 aliphatic heterocycles. The molecule has 0 aliphatic rings. The number of hydrogen-bond acceptors (Lipinski definition) is 1. The van der Waals surface area contributed by atoms with Gasteiger partial charge in [0.25, 0.3) is 0 Å². The Morgan fingerprint density at radius 3 is 1.92 bits per heavy atom. The van der Waals surface area contributed by atoms with Gasteiger partial charge < -0.3 is 5.32 Å². The molecule has 2 nitrogen and oxygen atoms in total. The van der Waals surface area contributed by atoms with Gasteiger partial charge in [-0.25, -0.2) is 0 Å². The van der Waals surface area contributed by atoms with Crippen molar-refractivity contribution in [3.05, 3.63) is 64.7 Å². The van der Waals surface area contributed by atoms with Crippen LogP contribution in [0.2, 0.25) is 0 Å². The molecule has 1 amide bonds. The van der Waals surface area contributed by atoms with Gasteiger partial charge in [0.1, 0.15) is 0 Å². The lowest BCUT2D eigenvalue weighted by Gasteiger charge is -2.25. The quantitative estimate of drug-likeness (QED) is 0.817. The highest BCUT2D eigenvalue weighted by Gasteiger charge is 2.32. The van der Waals surface area contributed by atoms with Crippen LogP contribution >= 0.6 is 0 Å². The highest BCUT2D eigenvalue weighted by molar-refractivity contribution is 5.98. The van der Waals surface area contributed by atoms with E-state index in [1.807, 2.05) is 32.0 Å². The molecule has 0 saturated heterocycles. The summed E-state index contributed by atoms with van der Waals surface area (Å²) in [6.45, 7) is 7.55. The van der Waals surface area contributed by atoms with Gasteiger partial charge in [0.05, 0.1) is 11.0 Å². The Kier molecular flexibility index (Phi) is 4.74. The summed E-state index contributed by atoms with van der Waals surface area (Å²) < 4.78 is 37.7. The van der Waals surface area contributed by atoms with Gasteiger partial charge in [0.2, 0.25) is 5.91 Å². The monoisotopic (exact) mass is 335 g/mol. The minimum Gasteiger partial charge on any atom is -0.325 e. The van der Waals surface area contributed by atoms with Crippen molar-refractivity contribution in [2.75, 3.05) is 5.32 Å². The molecule has 2 aromatic rings. The maximum Gasteiger partial charge on any atom is 0.416 e. The fourth-order valence-corrected chi connectivity index (χ4v) is 2.29. The summed E-state index contributed by atoms with van der Waals surface area (Å²) in [6, 6.07) is 10.2. The van der Waals surface area contributed by atoms with E-state index in [1.165, 1.54) is 12.1 Å². The Hall–Kier alpha value is -2.30. The van der Waals surface area contributed by atoms with Crippen LogP contribution in [-0.2, 0) is 16.4 Å². The average molecular weight is 335 g/mol. The van der Waals surface area contributed by atoms with Crippen molar-refractivity contribution in [1.29, 1.82) is 0 Å². The number of halogens is 3. The lowest BCUT2D eigenvalue weighted by molar-refractivity contribution is -0.137. The van der Waals surface area contributed by atoms with Gasteiger partial charge in [-0.2, -0.15) is 13.2 Å². The van der Waals surface area contributed by atoms with Crippen LogP contribution in [0.1, 0.15) is 36.1 Å². The van der Waals surface area contributed by atoms with Crippen LogP contribution in [0.4, 0.5) is 18.9 Å². The van der Waals surface area contributed by atoms with Gasteiger partial charge in [-0.3, -0.25) is 4.79 Å². The van der Waals surface area contributed by atoms with E-state index in [1.54, 1.807) is 13.8 Å². The fourth-order valence-electron chi connectivity index (χ4n) is 2.29. The number of carbonyl (C=O) groups excluding carboxylic acids is 1. The third kappa shape index (κ3) is 3.78. The predicted molar refractivity (Wildman–Crippen MR) is 89.0 cm³/mol. The largest absolute Gasteiger partial charge is 0.416 e. The molecule has 0 heterocycles. The molecule has 0 saturated carbocycles. The summed E-state index contributed by atoms with van der Waals surface area (Å²) in [6.07, 6.45) is -4.39. The molecule has 0 aromatic heterocycles.